The first-order chi connectivity index (χ1) is 10.0. The van der Waals surface area contributed by atoms with Gasteiger partial charge in [0.2, 0.25) is 0 Å². The molecule has 0 fully saturated rings. The van der Waals surface area contributed by atoms with Gasteiger partial charge in [-0.25, -0.2) is 0 Å². The molecule has 0 aliphatic carbocycles. The highest BCUT2D eigenvalue weighted by atomic mass is 16.6. The van der Waals surface area contributed by atoms with Crippen molar-refractivity contribution in [1.82, 2.24) is 5.32 Å². The maximum Gasteiger partial charge on any atom is 0.311 e. The SMILES string of the molecule is CC(C)NCc1ccc(OCCCCCO)c([N+](=O)[O-])c1. The summed E-state index contributed by atoms with van der Waals surface area (Å²) in [5.41, 5.74) is 0.864. The Hall–Kier alpha value is -1.66. The summed E-state index contributed by atoms with van der Waals surface area (Å²) in [5.74, 6) is 0.303. The Bertz CT molecular complexity index is 449. The van der Waals surface area contributed by atoms with Gasteiger partial charge in [0.1, 0.15) is 0 Å². The average Bonchev–Trinajstić information content (AvgIpc) is 2.45. The van der Waals surface area contributed by atoms with Crippen LogP contribution in [0.1, 0.15) is 38.7 Å². The van der Waals surface area contributed by atoms with Crippen LogP contribution < -0.4 is 10.1 Å². The zero-order valence-corrected chi connectivity index (χ0v) is 12.7. The van der Waals surface area contributed by atoms with Crippen molar-refractivity contribution in [3.63, 3.8) is 0 Å². The molecule has 0 saturated carbocycles. The molecule has 6 heteroatoms. The third-order valence-electron chi connectivity index (χ3n) is 2.99. The van der Waals surface area contributed by atoms with Crippen molar-refractivity contribution in [3.05, 3.63) is 33.9 Å². The molecule has 0 unspecified atom stereocenters. The average molecular weight is 296 g/mol. The third kappa shape index (κ3) is 6.55. The maximum absolute atomic E-state index is 11.1. The van der Waals surface area contributed by atoms with E-state index in [1.165, 1.54) is 0 Å². The molecule has 0 bridgehead atoms. The minimum atomic E-state index is -0.415. The van der Waals surface area contributed by atoms with Crippen LogP contribution in [0.5, 0.6) is 5.75 Å². The predicted molar refractivity (Wildman–Crippen MR) is 81.5 cm³/mol. The molecular formula is C15H24N2O4. The Morgan fingerprint density at radius 1 is 1.33 bits per heavy atom. The molecule has 1 aromatic rings. The summed E-state index contributed by atoms with van der Waals surface area (Å²) in [4.78, 5) is 10.7. The van der Waals surface area contributed by atoms with Crippen LogP contribution in [0.4, 0.5) is 5.69 Å². The van der Waals surface area contributed by atoms with E-state index in [1.807, 2.05) is 19.9 Å². The number of nitrogens with zero attached hydrogens (tertiary/aromatic N) is 1. The summed E-state index contributed by atoms with van der Waals surface area (Å²) < 4.78 is 5.48. The second kappa shape index (κ2) is 9.31. The number of hydrogen-bond donors (Lipinski definition) is 2. The summed E-state index contributed by atoms with van der Waals surface area (Å²) in [5, 5.41) is 23.0. The Morgan fingerprint density at radius 3 is 2.71 bits per heavy atom. The van der Waals surface area contributed by atoms with Crippen LogP contribution in [0, 0.1) is 10.1 Å². The topological polar surface area (TPSA) is 84.6 Å². The van der Waals surface area contributed by atoms with Gasteiger partial charge >= 0.3 is 5.69 Å². The number of hydrogen-bond acceptors (Lipinski definition) is 5. The molecule has 2 N–H and O–H groups in total. The molecule has 0 heterocycles. The lowest BCUT2D eigenvalue weighted by Gasteiger charge is -2.10. The number of aliphatic hydroxyl groups is 1. The summed E-state index contributed by atoms with van der Waals surface area (Å²) in [6.45, 7) is 5.23. The molecule has 0 aliphatic rings. The molecule has 0 amide bonds. The van der Waals surface area contributed by atoms with Gasteiger partial charge in [-0.15, -0.1) is 0 Å². The Balaban J connectivity index is 2.64. The van der Waals surface area contributed by atoms with Gasteiger partial charge in [-0.2, -0.15) is 0 Å². The lowest BCUT2D eigenvalue weighted by Crippen LogP contribution is -2.21. The highest BCUT2D eigenvalue weighted by molar-refractivity contribution is 5.48. The normalized spacial score (nSPS) is 10.9. The number of ether oxygens (including phenoxy) is 1. The van der Waals surface area contributed by atoms with E-state index in [0.717, 1.165) is 24.8 Å². The first-order valence-corrected chi connectivity index (χ1v) is 7.29. The fourth-order valence-electron chi connectivity index (χ4n) is 1.83. The van der Waals surface area contributed by atoms with E-state index in [-0.39, 0.29) is 12.3 Å². The predicted octanol–water partition coefficient (Wildman–Crippen LogP) is 2.63. The Labute approximate surface area is 125 Å². The summed E-state index contributed by atoms with van der Waals surface area (Å²) in [6.07, 6.45) is 2.35. The van der Waals surface area contributed by atoms with Crippen LogP contribution in [-0.4, -0.2) is 29.3 Å². The molecule has 0 saturated heterocycles. The molecule has 0 spiro atoms. The first kappa shape index (κ1) is 17.4. The van der Waals surface area contributed by atoms with Crippen LogP contribution >= 0.6 is 0 Å². The molecule has 118 valence electrons. The van der Waals surface area contributed by atoms with E-state index < -0.39 is 4.92 Å². The lowest BCUT2D eigenvalue weighted by molar-refractivity contribution is -0.385. The molecule has 1 rings (SSSR count). The van der Waals surface area contributed by atoms with Gasteiger partial charge in [0, 0.05) is 25.3 Å². The zero-order chi connectivity index (χ0) is 15.7. The highest BCUT2D eigenvalue weighted by Crippen LogP contribution is 2.28. The van der Waals surface area contributed by atoms with Crippen LogP contribution in [0.3, 0.4) is 0 Å². The van der Waals surface area contributed by atoms with Gasteiger partial charge < -0.3 is 15.2 Å². The minimum Gasteiger partial charge on any atom is -0.487 e. The van der Waals surface area contributed by atoms with Crippen LogP contribution in [-0.2, 0) is 6.54 Å². The summed E-state index contributed by atoms with van der Waals surface area (Å²) in [6, 6.07) is 5.37. The molecular weight excluding hydrogens is 272 g/mol. The number of aliphatic hydroxyl groups excluding tert-OH is 1. The zero-order valence-electron chi connectivity index (χ0n) is 12.7. The van der Waals surface area contributed by atoms with E-state index >= 15 is 0 Å². The van der Waals surface area contributed by atoms with E-state index in [1.54, 1.807) is 12.1 Å². The summed E-state index contributed by atoms with van der Waals surface area (Å²) in [7, 11) is 0. The second-order valence-electron chi connectivity index (χ2n) is 5.23. The lowest BCUT2D eigenvalue weighted by atomic mass is 10.1. The quantitative estimate of drug-likeness (QED) is 0.394. The number of nitro groups is 1. The number of nitro benzene ring substituents is 1. The van der Waals surface area contributed by atoms with E-state index in [0.29, 0.717) is 24.9 Å². The molecule has 6 nitrogen and oxygen atoms in total. The number of nitrogens with one attached hydrogen (secondary N) is 1. The van der Waals surface area contributed by atoms with Crippen molar-refractivity contribution in [2.45, 2.75) is 45.7 Å². The minimum absolute atomic E-state index is 0.000198. The van der Waals surface area contributed by atoms with Crippen molar-refractivity contribution in [2.75, 3.05) is 13.2 Å². The molecule has 1 aromatic carbocycles. The number of rotatable bonds is 10. The Kier molecular flexibility index (Phi) is 7.71. The van der Waals surface area contributed by atoms with Crippen molar-refractivity contribution < 1.29 is 14.8 Å². The van der Waals surface area contributed by atoms with Crippen LogP contribution in [0.25, 0.3) is 0 Å². The van der Waals surface area contributed by atoms with Crippen molar-refractivity contribution >= 4 is 5.69 Å². The van der Waals surface area contributed by atoms with E-state index in [9.17, 15) is 10.1 Å². The van der Waals surface area contributed by atoms with E-state index in [2.05, 4.69) is 5.32 Å². The van der Waals surface area contributed by atoms with Gasteiger partial charge in [-0.05, 0) is 30.9 Å². The number of benzene rings is 1. The first-order valence-electron chi connectivity index (χ1n) is 7.29. The van der Waals surface area contributed by atoms with Gasteiger partial charge in [-0.1, -0.05) is 19.9 Å². The second-order valence-corrected chi connectivity index (χ2v) is 5.23. The maximum atomic E-state index is 11.1. The highest BCUT2D eigenvalue weighted by Gasteiger charge is 2.16. The monoisotopic (exact) mass is 296 g/mol. The third-order valence-corrected chi connectivity index (χ3v) is 2.99. The molecule has 0 atom stereocenters. The molecule has 21 heavy (non-hydrogen) atoms. The molecule has 0 aromatic heterocycles. The van der Waals surface area contributed by atoms with Gasteiger partial charge in [0.05, 0.1) is 11.5 Å². The van der Waals surface area contributed by atoms with Crippen molar-refractivity contribution in [1.29, 1.82) is 0 Å². The fraction of sp³-hybridized carbons (Fsp3) is 0.600. The van der Waals surface area contributed by atoms with Crippen LogP contribution in [0.2, 0.25) is 0 Å². The standard InChI is InChI=1S/C15H24N2O4/c1-12(2)16-11-13-6-7-15(14(10-13)17(19)20)21-9-5-3-4-8-18/h6-7,10,12,16,18H,3-5,8-9,11H2,1-2H3. The molecule has 0 aliphatic heterocycles. The van der Waals surface area contributed by atoms with Gasteiger partial charge in [0.15, 0.2) is 5.75 Å². The summed E-state index contributed by atoms with van der Waals surface area (Å²) >= 11 is 0. The molecule has 0 radical (unpaired) electrons. The van der Waals surface area contributed by atoms with Gasteiger partial charge in [0.25, 0.3) is 0 Å². The van der Waals surface area contributed by atoms with Crippen LogP contribution in [0.15, 0.2) is 18.2 Å². The van der Waals surface area contributed by atoms with E-state index in [4.69, 9.17) is 9.84 Å². The Morgan fingerprint density at radius 2 is 2.10 bits per heavy atom. The fourth-order valence-corrected chi connectivity index (χ4v) is 1.83. The number of unbranched alkanes of at least 4 members (excludes halogenated alkanes) is 2. The van der Waals surface area contributed by atoms with Gasteiger partial charge in [-0.3, -0.25) is 10.1 Å². The largest absolute Gasteiger partial charge is 0.487 e. The van der Waals surface area contributed by atoms with Crippen molar-refractivity contribution in [2.24, 2.45) is 0 Å². The van der Waals surface area contributed by atoms with Crippen molar-refractivity contribution in [3.8, 4) is 5.75 Å². The smallest absolute Gasteiger partial charge is 0.311 e.